The Balaban J connectivity index is 2.49. The topological polar surface area (TPSA) is 45.8 Å². The Morgan fingerprint density at radius 3 is 2.37 bits per heavy atom. The molecular weight excluding hydrogens is 277 g/mol. The third-order valence-electron chi connectivity index (χ3n) is 2.40. The summed E-state index contributed by atoms with van der Waals surface area (Å²) in [5.41, 5.74) is -1.59. The fraction of sp³-hybridized carbons (Fsp3) is 0.167. The van der Waals surface area contributed by atoms with E-state index in [-0.39, 0.29) is 5.82 Å². The molecule has 0 radical (unpaired) electrons. The zero-order valence-electron chi connectivity index (χ0n) is 9.78. The number of benzene rings is 1. The first kappa shape index (κ1) is 13.7. The van der Waals surface area contributed by atoms with Crippen LogP contribution < -0.4 is 5.56 Å². The van der Waals surface area contributed by atoms with Gasteiger partial charge in [-0.1, -0.05) is 12.1 Å². The molecule has 0 spiro atoms. The summed E-state index contributed by atoms with van der Waals surface area (Å²) in [6.07, 6.45) is -2.75. The third kappa shape index (κ3) is 3.17. The maximum Gasteiger partial charge on any atom is 0.433 e. The molecule has 0 aliphatic rings. The van der Waals surface area contributed by atoms with Crippen molar-refractivity contribution in [2.45, 2.75) is 11.1 Å². The second-order valence-corrected chi connectivity index (χ2v) is 4.59. The highest BCUT2D eigenvalue weighted by Crippen LogP contribution is 2.28. The number of nitrogens with one attached hydrogen (secondary N) is 1. The number of hydrogen-bond acceptors (Lipinski definition) is 3. The first-order chi connectivity index (χ1) is 8.90. The number of halogens is 3. The number of H-pyrrole nitrogens is 1. The molecule has 1 aromatic carbocycles. The first-order valence-corrected chi connectivity index (χ1v) is 6.45. The maximum atomic E-state index is 12.6. The van der Waals surface area contributed by atoms with Gasteiger partial charge in [-0.3, -0.25) is 4.79 Å². The van der Waals surface area contributed by atoms with Crippen LogP contribution in [0.25, 0.3) is 11.4 Å². The Morgan fingerprint density at radius 2 is 1.84 bits per heavy atom. The van der Waals surface area contributed by atoms with Crippen LogP contribution in [0.5, 0.6) is 0 Å². The van der Waals surface area contributed by atoms with Gasteiger partial charge in [-0.15, -0.1) is 11.8 Å². The van der Waals surface area contributed by atoms with Crippen molar-refractivity contribution in [3.63, 3.8) is 0 Å². The molecule has 0 aliphatic heterocycles. The lowest BCUT2D eigenvalue weighted by Crippen LogP contribution is -2.16. The summed E-state index contributed by atoms with van der Waals surface area (Å²) in [4.78, 5) is 18.0. The lowest BCUT2D eigenvalue weighted by Gasteiger charge is -2.07. The fourth-order valence-electron chi connectivity index (χ4n) is 1.49. The van der Waals surface area contributed by atoms with E-state index in [0.29, 0.717) is 11.6 Å². The second kappa shape index (κ2) is 5.08. The molecule has 1 aromatic heterocycles. The lowest BCUT2D eigenvalue weighted by molar-refractivity contribution is -0.141. The summed E-state index contributed by atoms with van der Waals surface area (Å²) in [6, 6.07) is 7.18. The molecule has 0 unspecified atom stereocenters. The highest BCUT2D eigenvalue weighted by molar-refractivity contribution is 7.98. The van der Waals surface area contributed by atoms with Gasteiger partial charge in [0.05, 0.1) is 0 Å². The van der Waals surface area contributed by atoms with Gasteiger partial charge >= 0.3 is 6.18 Å². The highest BCUT2D eigenvalue weighted by atomic mass is 32.2. The van der Waals surface area contributed by atoms with Crippen molar-refractivity contribution in [1.29, 1.82) is 0 Å². The molecular formula is C12H9F3N2OS. The van der Waals surface area contributed by atoms with Crippen molar-refractivity contribution >= 4 is 11.8 Å². The van der Waals surface area contributed by atoms with Gasteiger partial charge in [0.15, 0.2) is 5.69 Å². The van der Waals surface area contributed by atoms with E-state index in [1.807, 2.05) is 6.26 Å². The molecule has 2 aromatic rings. The van der Waals surface area contributed by atoms with Gasteiger partial charge < -0.3 is 4.98 Å². The van der Waals surface area contributed by atoms with E-state index in [1.165, 1.54) is 11.8 Å². The average Bonchev–Trinajstić information content (AvgIpc) is 2.37. The van der Waals surface area contributed by atoms with Crippen LogP contribution in [0.1, 0.15) is 5.69 Å². The molecule has 0 fully saturated rings. The zero-order chi connectivity index (χ0) is 14.0. The van der Waals surface area contributed by atoms with E-state index in [0.717, 1.165) is 4.90 Å². The van der Waals surface area contributed by atoms with Gasteiger partial charge in [-0.05, 0) is 18.4 Å². The SMILES string of the molecule is CSc1ccc(-c2nc(C(F)(F)F)cc(=O)[nH]2)cc1. The highest BCUT2D eigenvalue weighted by Gasteiger charge is 2.33. The minimum atomic E-state index is -4.64. The number of alkyl halides is 3. The number of hydrogen-bond donors (Lipinski definition) is 1. The van der Waals surface area contributed by atoms with Gasteiger partial charge in [0.2, 0.25) is 0 Å². The van der Waals surface area contributed by atoms with Crippen molar-refractivity contribution in [2.75, 3.05) is 6.26 Å². The molecule has 0 saturated carbocycles. The summed E-state index contributed by atoms with van der Waals surface area (Å²) in [5.74, 6) is -0.0903. The summed E-state index contributed by atoms with van der Waals surface area (Å²) >= 11 is 1.51. The fourth-order valence-corrected chi connectivity index (χ4v) is 1.90. The van der Waals surface area contributed by atoms with Crippen molar-refractivity contribution in [3.05, 3.63) is 46.4 Å². The monoisotopic (exact) mass is 286 g/mol. The van der Waals surface area contributed by atoms with Gasteiger partial charge in [0, 0.05) is 16.5 Å². The largest absolute Gasteiger partial charge is 0.433 e. The van der Waals surface area contributed by atoms with Crippen LogP contribution >= 0.6 is 11.8 Å². The summed E-state index contributed by atoms with van der Waals surface area (Å²) in [7, 11) is 0. The molecule has 0 aliphatic carbocycles. The Hall–Kier alpha value is -1.76. The van der Waals surface area contributed by atoms with Gasteiger partial charge in [0.25, 0.3) is 5.56 Å². The van der Waals surface area contributed by atoms with Crippen LogP contribution in [0.2, 0.25) is 0 Å². The molecule has 0 saturated heterocycles. The number of rotatable bonds is 2. The van der Waals surface area contributed by atoms with E-state index in [1.54, 1.807) is 24.3 Å². The Bertz CT molecular complexity index is 635. The van der Waals surface area contributed by atoms with Crippen molar-refractivity contribution < 1.29 is 13.2 Å². The Kier molecular flexibility index (Phi) is 3.66. The molecule has 0 atom stereocenters. The van der Waals surface area contributed by atoms with E-state index in [9.17, 15) is 18.0 Å². The van der Waals surface area contributed by atoms with Crippen molar-refractivity contribution in [3.8, 4) is 11.4 Å². The van der Waals surface area contributed by atoms with Crippen LogP contribution in [0.15, 0.2) is 40.0 Å². The van der Waals surface area contributed by atoms with Crippen LogP contribution in [0.3, 0.4) is 0 Å². The Labute approximate surface area is 110 Å². The van der Waals surface area contributed by atoms with Crippen LogP contribution in [0, 0.1) is 0 Å². The van der Waals surface area contributed by atoms with Crippen LogP contribution in [0.4, 0.5) is 13.2 Å². The van der Waals surface area contributed by atoms with Crippen LogP contribution in [-0.2, 0) is 6.18 Å². The molecule has 0 amide bonds. The van der Waals surface area contributed by atoms with E-state index >= 15 is 0 Å². The van der Waals surface area contributed by atoms with E-state index in [2.05, 4.69) is 9.97 Å². The molecule has 1 N–H and O–H groups in total. The van der Waals surface area contributed by atoms with Crippen molar-refractivity contribution in [2.24, 2.45) is 0 Å². The number of thioether (sulfide) groups is 1. The molecule has 1 heterocycles. The molecule has 100 valence electrons. The smallest absolute Gasteiger partial charge is 0.307 e. The van der Waals surface area contributed by atoms with Crippen molar-refractivity contribution in [1.82, 2.24) is 9.97 Å². The number of aromatic nitrogens is 2. The number of nitrogens with zero attached hydrogens (tertiary/aromatic N) is 1. The standard InChI is InChI=1S/C12H9F3N2OS/c1-19-8-4-2-7(3-5-8)11-16-9(12(13,14)15)6-10(18)17-11/h2-6H,1H3,(H,16,17,18). The molecule has 0 bridgehead atoms. The normalized spacial score (nSPS) is 11.6. The predicted octanol–water partition coefficient (Wildman–Crippen LogP) is 3.18. The second-order valence-electron chi connectivity index (χ2n) is 3.71. The molecule has 19 heavy (non-hydrogen) atoms. The molecule has 2 rings (SSSR count). The predicted molar refractivity (Wildman–Crippen MR) is 67.1 cm³/mol. The summed E-state index contributed by atoms with van der Waals surface area (Å²) in [5, 5.41) is 0. The quantitative estimate of drug-likeness (QED) is 0.862. The minimum Gasteiger partial charge on any atom is -0.307 e. The van der Waals surface area contributed by atoms with E-state index in [4.69, 9.17) is 0 Å². The average molecular weight is 286 g/mol. The van der Waals surface area contributed by atoms with Gasteiger partial charge in [-0.25, -0.2) is 4.98 Å². The third-order valence-corrected chi connectivity index (χ3v) is 3.14. The number of aromatic amines is 1. The summed E-state index contributed by atoms with van der Waals surface area (Å²) < 4.78 is 37.7. The van der Waals surface area contributed by atoms with E-state index < -0.39 is 17.4 Å². The lowest BCUT2D eigenvalue weighted by atomic mass is 10.2. The zero-order valence-corrected chi connectivity index (χ0v) is 10.6. The maximum absolute atomic E-state index is 12.6. The molecule has 3 nitrogen and oxygen atoms in total. The first-order valence-electron chi connectivity index (χ1n) is 5.23. The van der Waals surface area contributed by atoms with Gasteiger partial charge in [-0.2, -0.15) is 13.2 Å². The van der Waals surface area contributed by atoms with Crippen LogP contribution in [-0.4, -0.2) is 16.2 Å². The summed E-state index contributed by atoms with van der Waals surface area (Å²) in [6.45, 7) is 0. The Morgan fingerprint density at radius 1 is 1.21 bits per heavy atom. The van der Waals surface area contributed by atoms with Gasteiger partial charge in [0.1, 0.15) is 5.82 Å². The molecule has 7 heteroatoms. The minimum absolute atomic E-state index is 0.0903.